The molecule has 148 valence electrons. The number of nitrogens with zero attached hydrogens (tertiary/aromatic N) is 2. The summed E-state index contributed by atoms with van der Waals surface area (Å²) in [5.41, 5.74) is 1.53. The maximum absolute atomic E-state index is 13.1. The van der Waals surface area contributed by atoms with Gasteiger partial charge in [-0.25, -0.2) is 8.42 Å². The van der Waals surface area contributed by atoms with E-state index in [2.05, 4.69) is 5.16 Å². The Kier molecular flexibility index (Phi) is 4.98. The molecule has 0 radical (unpaired) electrons. The number of carbonyl (C=O) groups excluding carboxylic acids is 1. The smallest absolute Gasteiger partial charge is 0.276 e. The largest absolute Gasteiger partial charge is 0.440 e. The molecule has 3 aromatic heterocycles. The molecule has 3 aromatic rings. The fourth-order valence-electron chi connectivity index (χ4n) is 3.35. The summed E-state index contributed by atoms with van der Waals surface area (Å²) in [6, 6.07) is 6.60. The van der Waals surface area contributed by atoms with Crippen molar-refractivity contribution in [3.8, 4) is 11.5 Å². The van der Waals surface area contributed by atoms with Gasteiger partial charge in [0.1, 0.15) is 0 Å². The van der Waals surface area contributed by atoms with Crippen molar-refractivity contribution in [2.75, 3.05) is 13.1 Å². The standard InChI is InChI=1S/C19H20N2O5S2/c1-12-13(2)20-26-19(12)15-7-8-17(25-15)28(23,24)21-9-3-5-14(11-21)18(22)16-6-4-10-27-16/h4,6-8,10,14H,3,5,9,11H2,1-2H3. The molecule has 1 aliphatic rings. The van der Waals surface area contributed by atoms with Crippen LogP contribution in [0.15, 0.2) is 43.7 Å². The molecule has 0 bridgehead atoms. The van der Waals surface area contributed by atoms with Gasteiger partial charge in [-0.05, 0) is 50.3 Å². The van der Waals surface area contributed by atoms with Crippen molar-refractivity contribution >= 4 is 27.1 Å². The molecule has 0 aromatic carbocycles. The molecule has 4 rings (SSSR count). The average molecular weight is 421 g/mol. The van der Waals surface area contributed by atoms with Crippen molar-refractivity contribution in [2.24, 2.45) is 5.92 Å². The topological polar surface area (TPSA) is 93.6 Å². The average Bonchev–Trinajstić information content (AvgIpc) is 3.44. The zero-order chi connectivity index (χ0) is 19.9. The van der Waals surface area contributed by atoms with E-state index in [4.69, 9.17) is 8.94 Å². The maximum Gasteiger partial charge on any atom is 0.276 e. The van der Waals surface area contributed by atoms with Gasteiger partial charge in [-0.15, -0.1) is 11.3 Å². The van der Waals surface area contributed by atoms with Crippen LogP contribution in [0, 0.1) is 19.8 Å². The number of Topliss-reactive ketones (excluding diaryl/α,β-unsaturated/α-hetero) is 1. The normalized spacial score (nSPS) is 18.4. The van der Waals surface area contributed by atoms with Gasteiger partial charge in [0.05, 0.1) is 10.6 Å². The summed E-state index contributed by atoms with van der Waals surface area (Å²) in [6.45, 7) is 4.17. The first kappa shape index (κ1) is 19.1. The molecule has 1 fully saturated rings. The highest BCUT2D eigenvalue weighted by Gasteiger charge is 2.35. The van der Waals surface area contributed by atoms with Gasteiger partial charge in [0.2, 0.25) is 10.9 Å². The molecule has 7 nitrogen and oxygen atoms in total. The van der Waals surface area contributed by atoms with Crippen LogP contribution >= 0.6 is 11.3 Å². The first-order valence-electron chi connectivity index (χ1n) is 8.99. The van der Waals surface area contributed by atoms with Crippen molar-refractivity contribution < 1.29 is 22.2 Å². The highest BCUT2D eigenvalue weighted by atomic mass is 32.2. The third-order valence-corrected chi connectivity index (χ3v) is 7.70. The van der Waals surface area contributed by atoms with Crippen LogP contribution < -0.4 is 0 Å². The van der Waals surface area contributed by atoms with Gasteiger partial charge in [0.15, 0.2) is 11.5 Å². The Bertz CT molecular complexity index is 1100. The Labute approximate surface area is 167 Å². The third kappa shape index (κ3) is 3.34. The minimum atomic E-state index is -3.83. The predicted molar refractivity (Wildman–Crippen MR) is 104 cm³/mol. The highest BCUT2D eigenvalue weighted by Crippen LogP contribution is 2.32. The molecule has 9 heteroatoms. The number of aryl methyl sites for hydroxylation is 1. The van der Waals surface area contributed by atoms with Gasteiger partial charge >= 0.3 is 0 Å². The quantitative estimate of drug-likeness (QED) is 0.581. The van der Waals surface area contributed by atoms with Crippen molar-refractivity contribution in [2.45, 2.75) is 31.8 Å². The number of hydrogen-bond acceptors (Lipinski definition) is 7. The maximum atomic E-state index is 13.1. The van der Waals surface area contributed by atoms with Crippen LogP contribution in [-0.4, -0.2) is 36.8 Å². The Morgan fingerprint density at radius 2 is 2.11 bits per heavy atom. The van der Waals surface area contributed by atoms with Crippen molar-refractivity contribution in [3.05, 3.63) is 45.8 Å². The van der Waals surface area contributed by atoms with E-state index >= 15 is 0 Å². The highest BCUT2D eigenvalue weighted by molar-refractivity contribution is 7.89. The van der Waals surface area contributed by atoms with Gasteiger partial charge in [-0.1, -0.05) is 11.2 Å². The van der Waals surface area contributed by atoms with E-state index in [0.29, 0.717) is 35.8 Å². The van der Waals surface area contributed by atoms with Gasteiger partial charge in [0.25, 0.3) is 10.0 Å². The molecule has 1 atom stereocenters. The molecular formula is C19H20N2O5S2. The molecule has 0 amide bonds. The second kappa shape index (κ2) is 7.31. The molecule has 0 aliphatic carbocycles. The number of sulfonamides is 1. The number of rotatable bonds is 5. The molecule has 0 N–H and O–H groups in total. The number of carbonyl (C=O) groups is 1. The number of thiophene rings is 1. The van der Waals surface area contributed by atoms with Gasteiger partial charge in [-0.3, -0.25) is 4.79 Å². The number of piperidine rings is 1. The van der Waals surface area contributed by atoms with Crippen LogP contribution in [0.2, 0.25) is 0 Å². The SMILES string of the molecule is Cc1noc(-c2ccc(S(=O)(=O)N3CCCC(C(=O)c4cccs4)C3)o2)c1C. The zero-order valence-electron chi connectivity index (χ0n) is 15.5. The van der Waals surface area contributed by atoms with E-state index in [1.807, 2.05) is 18.4 Å². The lowest BCUT2D eigenvalue weighted by atomic mass is 9.94. The second-order valence-electron chi connectivity index (χ2n) is 6.88. The van der Waals surface area contributed by atoms with Crippen LogP contribution in [0.4, 0.5) is 0 Å². The van der Waals surface area contributed by atoms with Crippen LogP contribution in [0.25, 0.3) is 11.5 Å². The number of hydrogen-bond donors (Lipinski definition) is 0. The van der Waals surface area contributed by atoms with Gasteiger partial charge < -0.3 is 8.94 Å². The third-order valence-electron chi connectivity index (χ3n) is 5.08. The van der Waals surface area contributed by atoms with E-state index in [9.17, 15) is 13.2 Å². The number of aromatic nitrogens is 1. The summed E-state index contributed by atoms with van der Waals surface area (Å²) < 4.78 is 38.3. The Morgan fingerprint density at radius 3 is 2.79 bits per heavy atom. The summed E-state index contributed by atoms with van der Waals surface area (Å²) >= 11 is 1.38. The Morgan fingerprint density at radius 1 is 1.29 bits per heavy atom. The monoisotopic (exact) mass is 420 g/mol. The summed E-state index contributed by atoms with van der Waals surface area (Å²) in [4.78, 5) is 13.3. The molecule has 4 heterocycles. The first-order valence-corrected chi connectivity index (χ1v) is 11.3. The fraction of sp³-hybridized carbons (Fsp3) is 0.368. The van der Waals surface area contributed by atoms with E-state index < -0.39 is 10.0 Å². The van der Waals surface area contributed by atoms with Gasteiger partial charge in [-0.2, -0.15) is 4.31 Å². The number of furan rings is 1. The van der Waals surface area contributed by atoms with Crippen LogP contribution in [0.1, 0.15) is 33.8 Å². The van der Waals surface area contributed by atoms with Crippen molar-refractivity contribution in [1.29, 1.82) is 0 Å². The fourth-order valence-corrected chi connectivity index (χ4v) is 5.53. The Hall–Kier alpha value is -2.23. The minimum absolute atomic E-state index is 0.00259. The zero-order valence-corrected chi connectivity index (χ0v) is 17.2. The lowest BCUT2D eigenvalue weighted by molar-refractivity contribution is 0.0876. The van der Waals surface area contributed by atoms with E-state index in [1.54, 1.807) is 19.1 Å². The van der Waals surface area contributed by atoms with Crippen LogP contribution in [0.3, 0.4) is 0 Å². The van der Waals surface area contributed by atoms with E-state index in [1.165, 1.54) is 21.7 Å². The molecule has 1 saturated heterocycles. The summed E-state index contributed by atoms with van der Waals surface area (Å²) in [7, 11) is -3.83. The molecule has 1 aliphatic heterocycles. The van der Waals surface area contributed by atoms with Crippen LogP contribution in [0.5, 0.6) is 0 Å². The second-order valence-corrected chi connectivity index (χ2v) is 9.70. The minimum Gasteiger partial charge on any atom is -0.440 e. The molecule has 0 spiro atoms. The van der Waals surface area contributed by atoms with E-state index in [0.717, 1.165) is 11.3 Å². The summed E-state index contributed by atoms with van der Waals surface area (Å²) in [6.07, 6.45) is 1.32. The molecule has 1 unspecified atom stereocenters. The molecule has 0 saturated carbocycles. The summed E-state index contributed by atoms with van der Waals surface area (Å²) in [5, 5.41) is 5.57. The Balaban J connectivity index is 1.56. The van der Waals surface area contributed by atoms with E-state index in [-0.39, 0.29) is 23.3 Å². The van der Waals surface area contributed by atoms with Gasteiger partial charge in [0, 0.05) is 24.6 Å². The number of ketones is 1. The lowest BCUT2D eigenvalue weighted by Crippen LogP contribution is -2.42. The van der Waals surface area contributed by atoms with Crippen LogP contribution in [-0.2, 0) is 10.0 Å². The van der Waals surface area contributed by atoms with Crippen molar-refractivity contribution in [3.63, 3.8) is 0 Å². The summed E-state index contributed by atoms with van der Waals surface area (Å²) in [5.74, 6) is 0.404. The van der Waals surface area contributed by atoms with Crippen molar-refractivity contribution in [1.82, 2.24) is 9.46 Å². The molecular weight excluding hydrogens is 400 g/mol. The first-order chi connectivity index (χ1) is 13.4. The lowest BCUT2D eigenvalue weighted by Gasteiger charge is -2.30. The molecule has 28 heavy (non-hydrogen) atoms. The predicted octanol–water partition coefficient (Wildman–Crippen LogP) is 3.90.